The summed E-state index contributed by atoms with van der Waals surface area (Å²) in [4.78, 5) is 16.1. The number of benzene rings is 1. The lowest BCUT2D eigenvalue weighted by molar-refractivity contribution is -0.109. The summed E-state index contributed by atoms with van der Waals surface area (Å²) in [6.45, 7) is 4.65. The molecule has 0 saturated carbocycles. The van der Waals surface area contributed by atoms with Crippen LogP contribution in [-0.4, -0.2) is 24.8 Å². The summed E-state index contributed by atoms with van der Waals surface area (Å²) in [5, 5.41) is 3.35. The van der Waals surface area contributed by atoms with Crippen LogP contribution in [0.1, 0.15) is 23.6 Å². The fourth-order valence-electron chi connectivity index (χ4n) is 1.85. The minimum absolute atomic E-state index is 0.0216. The third-order valence-electron chi connectivity index (χ3n) is 2.84. The molecule has 0 heterocycles. The maximum Gasteiger partial charge on any atom is 0.417 e. The highest BCUT2D eigenvalue weighted by Crippen LogP contribution is 2.35. The number of nitrogens with zero attached hydrogens (tertiary/aromatic N) is 1. The fraction of sp³-hybridized carbons (Fsp3) is 0.333. The van der Waals surface area contributed by atoms with Crippen LogP contribution in [0.3, 0.4) is 0 Å². The predicted molar refractivity (Wildman–Crippen MR) is 75.1 cm³/mol. The molecule has 6 heteroatoms. The molecule has 0 fully saturated rings. The molecule has 0 aliphatic carbocycles. The van der Waals surface area contributed by atoms with Crippen molar-refractivity contribution in [1.82, 2.24) is 0 Å². The van der Waals surface area contributed by atoms with Crippen LogP contribution in [0.5, 0.6) is 0 Å². The van der Waals surface area contributed by atoms with Gasteiger partial charge in [0.05, 0.1) is 5.57 Å². The van der Waals surface area contributed by atoms with Crippen LogP contribution in [0.15, 0.2) is 29.4 Å². The lowest BCUT2D eigenvalue weighted by Gasteiger charge is -2.14. The minimum atomic E-state index is -4.64. The third kappa shape index (κ3) is 4.44. The zero-order valence-electron chi connectivity index (χ0n) is 12.2. The number of allylic oxidation sites excluding steroid dienone is 2. The molecule has 21 heavy (non-hydrogen) atoms. The van der Waals surface area contributed by atoms with Crippen molar-refractivity contribution in [2.45, 2.75) is 26.9 Å². The number of hydrogen-bond donors (Lipinski definition) is 0. The van der Waals surface area contributed by atoms with E-state index >= 15 is 0 Å². The highest BCUT2D eigenvalue weighted by molar-refractivity contribution is 6.44. The van der Waals surface area contributed by atoms with Gasteiger partial charge in [0.1, 0.15) is 12.8 Å². The van der Waals surface area contributed by atoms with E-state index in [2.05, 4.69) is 9.99 Å². The van der Waals surface area contributed by atoms with Gasteiger partial charge in [-0.1, -0.05) is 28.9 Å². The Morgan fingerprint density at radius 2 is 1.90 bits per heavy atom. The smallest absolute Gasteiger partial charge is 0.399 e. The van der Waals surface area contributed by atoms with Gasteiger partial charge in [0, 0.05) is 6.08 Å². The highest BCUT2D eigenvalue weighted by Gasteiger charge is 2.36. The Morgan fingerprint density at radius 1 is 1.29 bits per heavy atom. The summed E-state index contributed by atoms with van der Waals surface area (Å²) in [7, 11) is 1.22. The number of carbonyl (C=O) groups is 1. The highest BCUT2D eigenvalue weighted by atomic mass is 19.4. The van der Waals surface area contributed by atoms with Crippen LogP contribution in [0, 0.1) is 13.8 Å². The summed E-state index contributed by atoms with van der Waals surface area (Å²) >= 11 is 0. The Kier molecular flexibility index (Phi) is 5.29. The van der Waals surface area contributed by atoms with Crippen molar-refractivity contribution < 1.29 is 22.8 Å². The first-order valence-electron chi connectivity index (χ1n) is 6.15. The van der Waals surface area contributed by atoms with Crippen molar-refractivity contribution in [3.8, 4) is 0 Å². The van der Waals surface area contributed by atoms with Gasteiger partial charge in [0.2, 0.25) is 5.78 Å². The Morgan fingerprint density at radius 3 is 2.38 bits per heavy atom. The standard InChI is InChI=1S/C15H16F3NO2/c1-9-5-6-12(10(2)7-9)13(15(16,17)18)8-14(20)11(3)19-21-4/h5-8H,1-4H3/b13-8-,19-11+. The van der Waals surface area contributed by atoms with Gasteiger partial charge in [-0.15, -0.1) is 0 Å². The van der Waals surface area contributed by atoms with Gasteiger partial charge in [-0.3, -0.25) is 4.79 Å². The molecule has 0 bridgehead atoms. The van der Waals surface area contributed by atoms with Gasteiger partial charge in [-0.2, -0.15) is 13.2 Å². The normalized spacial score (nSPS) is 13.3. The number of aryl methyl sites for hydroxylation is 2. The van der Waals surface area contributed by atoms with Crippen molar-refractivity contribution >= 4 is 17.1 Å². The van der Waals surface area contributed by atoms with Crippen LogP contribution in [0.4, 0.5) is 13.2 Å². The van der Waals surface area contributed by atoms with E-state index in [-0.39, 0.29) is 11.3 Å². The van der Waals surface area contributed by atoms with E-state index < -0.39 is 17.5 Å². The number of rotatable bonds is 4. The molecule has 0 saturated heterocycles. The average Bonchev–Trinajstić information content (AvgIpc) is 2.35. The van der Waals surface area contributed by atoms with Crippen molar-refractivity contribution in [3.05, 3.63) is 41.0 Å². The molecule has 0 aliphatic rings. The van der Waals surface area contributed by atoms with Crippen LogP contribution in [-0.2, 0) is 9.63 Å². The van der Waals surface area contributed by atoms with E-state index in [9.17, 15) is 18.0 Å². The second-order valence-corrected chi connectivity index (χ2v) is 4.60. The topological polar surface area (TPSA) is 38.7 Å². The van der Waals surface area contributed by atoms with Crippen LogP contribution in [0.25, 0.3) is 5.57 Å². The predicted octanol–water partition coefficient (Wildman–Crippen LogP) is 3.84. The molecular formula is C15H16F3NO2. The number of carbonyl (C=O) groups excluding carboxylic acids is 1. The van der Waals surface area contributed by atoms with E-state index in [1.165, 1.54) is 20.1 Å². The van der Waals surface area contributed by atoms with Gasteiger partial charge in [-0.05, 0) is 31.9 Å². The summed E-state index contributed by atoms with van der Waals surface area (Å²) < 4.78 is 39.6. The summed E-state index contributed by atoms with van der Waals surface area (Å²) in [5.74, 6) is -0.843. The number of alkyl halides is 3. The molecule has 0 unspecified atom stereocenters. The summed E-state index contributed by atoms with van der Waals surface area (Å²) in [6, 6.07) is 4.57. The SMILES string of the molecule is CO/N=C(\C)C(=O)/C=C(/c1ccc(C)cc1C)C(F)(F)F. The molecule has 0 radical (unpaired) electrons. The van der Waals surface area contributed by atoms with Gasteiger partial charge in [0.25, 0.3) is 0 Å². The lowest BCUT2D eigenvalue weighted by Crippen LogP contribution is -2.16. The summed E-state index contributed by atoms with van der Waals surface area (Å²) in [5.41, 5.74) is 0.139. The van der Waals surface area contributed by atoms with Gasteiger partial charge < -0.3 is 4.84 Å². The van der Waals surface area contributed by atoms with Gasteiger partial charge in [-0.25, -0.2) is 0 Å². The molecule has 0 atom stereocenters. The minimum Gasteiger partial charge on any atom is -0.399 e. The first kappa shape index (κ1) is 16.9. The van der Waals surface area contributed by atoms with Crippen molar-refractivity contribution in [3.63, 3.8) is 0 Å². The van der Waals surface area contributed by atoms with Crippen molar-refractivity contribution in [2.24, 2.45) is 5.16 Å². The van der Waals surface area contributed by atoms with E-state index in [0.717, 1.165) is 5.56 Å². The molecule has 0 N–H and O–H groups in total. The Hall–Kier alpha value is -2.11. The number of oxime groups is 1. The number of hydrogen-bond acceptors (Lipinski definition) is 3. The average molecular weight is 299 g/mol. The van der Waals surface area contributed by atoms with Crippen LogP contribution in [0.2, 0.25) is 0 Å². The second-order valence-electron chi connectivity index (χ2n) is 4.60. The zero-order valence-corrected chi connectivity index (χ0v) is 12.2. The largest absolute Gasteiger partial charge is 0.417 e. The molecular weight excluding hydrogens is 283 g/mol. The lowest BCUT2D eigenvalue weighted by atomic mass is 9.97. The van der Waals surface area contributed by atoms with Crippen molar-refractivity contribution in [1.29, 1.82) is 0 Å². The maximum atomic E-state index is 13.2. The van der Waals surface area contributed by atoms with Crippen LogP contribution < -0.4 is 0 Å². The molecule has 1 aromatic rings. The summed E-state index contributed by atoms with van der Waals surface area (Å²) in [6.07, 6.45) is -4.08. The molecule has 0 aromatic heterocycles. The third-order valence-corrected chi connectivity index (χ3v) is 2.84. The second kappa shape index (κ2) is 6.56. The molecule has 0 amide bonds. The zero-order chi connectivity index (χ0) is 16.2. The molecule has 0 aliphatic heterocycles. The fourth-order valence-corrected chi connectivity index (χ4v) is 1.85. The Balaban J connectivity index is 3.37. The van der Waals surface area contributed by atoms with Crippen molar-refractivity contribution in [2.75, 3.05) is 7.11 Å². The van der Waals surface area contributed by atoms with E-state index in [0.29, 0.717) is 11.6 Å². The van der Waals surface area contributed by atoms with Gasteiger partial charge in [0.15, 0.2) is 0 Å². The molecule has 1 aromatic carbocycles. The molecule has 114 valence electrons. The monoisotopic (exact) mass is 299 g/mol. The molecule has 0 spiro atoms. The van der Waals surface area contributed by atoms with E-state index in [4.69, 9.17) is 0 Å². The number of halogens is 3. The van der Waals surface area contributed by atoms with E-state index in [1.54, 1.807) is 26.0 Å². The molecule has 1 rings (SSSR count). The first-order chi connectivity index (χ1) is 9.66. The van der Waals surface area contributed by atoms with E-state index in [1.807, 2.05) is 0 Å². The van der Waals surface area contributed by atoms with Crippen LogP contribution >= 0.6 is 0 Å². The first-order valence-corrected chi connectivity index (χ1v) is 6.15. The maximum absolute atomic E-state index is 13.2. The Bertz CT molecular complexity index is 601. The quantitative estimate of drug-likeness (QED) is 0.481. The number of ketones is 1. The Labute approximate surface area is 121 Å². The molecule has 3 nitrogen and oxygen atoms in total. The van der Waals surface area contributed by atoms with Gasteiger partial charge >= 0.3 is 6.18 Å².